The smallest absolute Gasteiger partial charge is 0.159 e. The Morgan fingerprint density at radius 3 is 1.85 bits per heavy atom. The quantitative estimate of drug-likeness (QED) is 0.412. The molecule has 0 bridgehead atoms. The van der Waals surface area contributed by atoms with Crippen LogP contribution < -0.4 is 0 Å². The molecule has 1 heterocycles. The fourth-order valence-electron chi connectivity index (χ4n) is 3.14. The summed E-state index contributed by atoms with van der Waals surface area (Å²) in [7, 11) is 0. The summed E-state index contributed by atoms with van der Waals surface area (Å²) in [5.74, 6) is 0.723. The van der Waals surface area contributed by atoms with E-state index in [1.165, 1.54) is 69.8 Å². The molecule has 138 valence electrons. The maximum absolute atomic E-state index is 8.85. The van der Waals surface area contributed by atoms with E-state index in [4.69, 9.17) is 5.26 Å². The second-order valence-corrected chi connectivity index (χ2v) is 7.04. The Hall–Kier alpha value is -2.21. The van der Waals surface area contributed by atoms with Gasteiger partial charge in [-0.25, -0.2) is 9.97 Å². The van der Waals surface area contributed by atoms with Gasteiger partial charge >= 0.3 is 0 Å². The fourth-order valence-corrected chi connectivity index (χ4v) is 3.14. The highest BCUT2D eigenvalue weighted by atomic mass is 14.9. The van der Waals surface area contributed by atoms with Crippen LogP contribution in [0.25, 0.3) is 11.4 Å². The van der Waals surface area contributed by atoms with E-state index in [2.05, 4.69) is 23.0 Å². The predicted octanol–water partition coefficient (Wildman–Crippen LogP) is 6.48. The molecule has 0 amide bonds. The SMILES string of the molecule is CCCCCCCCCCCCc1cnc(-c2ccc(C#N)cc2)nc1. The highest BCUT2D eigenvalue weighted by molar-refractivity contribution is 5.56. The lowest BCUT2D eigenvalue weighted by Crippen LogP contribution is -1.93. The molecule has 1 aromatic heterocycles. The van der Waals surface area contributed by atoms with E-state index in [1.54, 1.807) is 12.1 Å². The Morgan fingerprint density at radius 2 is 1.31 bits per heavy atom. The molecule has 0 unspecified atom stereocenters. The largest absolute Gasteiger partial charge is 0.236 e. The normalized spacial score (nSPS) is 10.6. The van der Waals surface area contributed by atoms with Crippen LogP contribution >= 0.6 is 0 Å². The molecule has 3 heteroatoms. The van der Waals surface area contributed by atoms with Crippen molar-refractivity contribution in [2.24, 2.45) is 0 Å². The molecule has 0 atom stereocenters. The van der Waals surface area contributed by atoms with Crippen molar-refractivity contribution in [1.29, 1.82) is 5.26 Å². The third-order valence-corrected chi connectivity index (χ3v) is 4.80. The van der Waals surface area contributed by atoms with Crippen LogP contribution in [-0.2, 0) is 6.42 Å². The number of rotatable bonds is 12. The van der Waals surface area contributed by atoms with Crippen LogP contribution in [0.5, 0.6) is 0 Å². The predicted molar refractivity (Wildman–Crippen MR) is 108 cm³/mol. The second kappa shape index (κ2) is 12.2. The molecule has 0 radical (unpaired) electrons. The first-order chi connectivity index (χ1) is 12.8. The van der Waals surface area contributed by atoms with Crippen molar-refractivity contribution in [3.05, 3.63) is 47.8 Å². The van der Waals surface area contributed by atoms with E-state index in [-0.39, 0.29) is 0 Å². The van der Waals surface area contributed by atoms with Gasteiger partial charge in [0, 0.05) is 18.0 Å². The van der Waals surface area contributed by atoms with Gasteiger partial charge in [0.1, 0.15) is 0 Å². The summed E-state index contributed by atoms with van der Waals surface area (Å²) >= 11 is 0. The summed E-state index contributed by atoms with van der Waals surface area (Å²) < 4.78 is 0. The summed E-state index contributed by atoms with van der Waals surface area (Å²) in [6.45, 7) is 2.27. The minimum absolute atomic E-state index is 0.659. The first-order valence-corrected chi connectivity index (χ1v) is 10.1. The van der Waals surface area contributed by atoms with Gasteiger partial charge in [-0.05, 0) is 42.7 Å². The van der Waals surface area contributed by atoms with Gasteiger partial charge < -0.3 is 0 Å². The summed E-state index contributed by atoms with van der Waals surface area (Å²) in [4.78, 5) is 8.95. The number of aryl methyl sites for hydroxylation is 1. The third-order valence-electron chi connectivity index (χ3n) is 4.80. The van der Waals surface area contributed by atoms with Gasteiger partial charge in [0.25, 0.3) is 0 Å². The minimum atomic E-state index is 0.659. The number of unbranched alkanes of at least 4 members (excludes halogenated alkanes) is 9. The van der Waals surface area contributed by atoms with Gasteiger partial charge in [-0.2, -0.15) is 5.26 Å². The van der Waals surface area contributed by atoms with Gasteiger partial charge in [0.2, 0.25) is 0 Å². The lowest BCUT2D eigenvalue weighted by molar-refractivity contribution is 0.556. The van der Waals surface area contributed by atoms with Crippen molar-refractivity contribution < 1.29 is 0 Å². The van der Waals surface area contributed by atoms with Gasteiger partial charge in [-0.15, -0.1) is 0 Å². The van der Waals surface area contributed by atoms with E-state index < -0.39 is 0 Å². The maximum atomic E-state index is 8.85. The molecular formula is C23H31N3. The maximum Gasteiger partial charge on any atom is 0.159 e. The summed E-state index contributed by atoms with van der Waals surface area (Å²) in [5.41, 5.74) is 2.82. The molecule has 2 rings (SSSR count). The molecule has 0 aliphatic rings. The van der Waals surface area contributed by atoms with Crippen LogP contribution in [-0.4, -0.2) is 9.97 Å². The number of nitriles is 1. The zero-order valence-corrected chi connectivity index (χ0v) is 16.1. The van der Waals surface area contributed by atoms with Gasteiger partial charge in [-0.1, -0.05) is 64.7 Å². The Bertz CT molecular complexity index is 653. The summed E-state index contributed by atoms with van der Waals surface area (Å²) in [5, 5.41) is 8.85. The van der Waals surface area contributed by atoms with Gasteiger partial charge in [0.15, 0.2) is 5.82 Å². The topological polar surface area (TPSA) is 49.6 Å². The van der Waals surface area contributed by atoms with Crippen molar-refractivity contribution in [3.63, 3.8) is 0 Å². The van der Waals surface area contributed by atoms with Crippen molar-refractivity contribution in [3.8, 4) is 17.5 Å². The van der Waals surface area contributed by atoms with Crippen LogP contribution in [0.15, 0.2) is 36.7 Å². The zero-order valence-electron chi connectivity index (χ0n) is 16.1. The Labute approximate surface area is 158 Å². The number of benzene rings is 1. The molecule has 0 aliphatic heterocycles. The molecule has 26 heavy (non-hydrogen) atoms. The first kappa shape index (κ1) is 20.1. The number of hydrogen-bond acceptors (Lipinski definition) is 3. The molecule has 1 aromatic carbocycles. The zero-order chi connectivity index (χ0) is 18.5. The van der Waals surface area contributed by atoms with E-state index in [1.807, 2.05) is 24.5 Å². The van der Waals surface area contributed by atoms with E-state index >= 15 is 0 Å². The molecule has 0 N–H and O–H groups in total. The molecular weight excluding hydrogens is 318 g/mol. The average molecular weight is 350 g/mol. The molecule has 0 saturated heterocycles. The molecule has 2 aromatic rings. The minimum Gasteiger partial charge on any atom is -0.236 e. The highest BCUT2D eigenvalue weighted by Gasteiger charge is 2.02. The van der Waals surface area contributed by atoms with Crippen LogP contribution in [0.4, 0.5) is 0 Å². The molecule has 3 nitrogen and oxygen atoms in total. The molecule has 0 saturated carbocycles. The number of nitrogens with zero attached hydrogens (tertiary/aromatic N) is 3. The van der Waals surface area contributed by atoms with Crippen LogP contribution in [0, 0.1) is 11.3 Å². The molecule has 0 aliphatic carbocycles. The summed E-state index contributed by atoms with van der Waals surface area (Å²) in [6.07, 6.45) is 18.5. The highest BCUT2D eigenvalue weighted by Crippen LogP contribution is 2.16. The van der Waals surface area contributed by atoms with Crippen LogP contribution in [0.3, 0.4) is 0 Å². The molecule has 0 fully saturated rings. The third kappa shape index (κ3) is 7.35. The van der Waals surface area contributed by atoms with Gasteiger partial charge in [0.05, 0.1) is 11.6 Å². The van der Waals surface area contributed by atoms with Crippen molar-refractivity contribution in [2.45, 2.75) is 77.6 Å². The fraction of sp³-hybridized carbons (Fsp3) is 0.522. The van der Waals surface area contributed by atoms with Crippen molar-refractivity contribution >= 4 is 0 Å². The Morgan fingerprint density at radius 1 is 0.769 bits per heavy atom. The lowest BCUT2D eigenvalue weighted by Gasteiger charge is -2.04. The average Bonchev–Trinajstić information content (AvgIpc) is 2.70. The van der Waals surface area contributed by atoms with E-state index in [9.17, 15) is 0 Å². The van der Waals surface area contributed by atoms with Gasteiger partial charge in [-0.3, -0.25) is 0 Å². The van der Waals surface area contributed by atoms with Crippen molar-refractivity contribution in [1.82, 2.24) is 9.97 Å². The van der Waals surface area contributed by atoms with E-state index in [0.717, 1.165) is 17.8 Å². The lowest BCUT2D eigenvalue weighted by atomic mass is 10.0. The van der Waals surface area contributed by atoms with Crippen molar-refractivity contribution in [2.75, 3.05) is 0 Å². The van der Waals surface area contributed by atoms with E-state index in [0.29, 0.717) is 5.56 Å². The van der Waals surface area contributed by atoms with Crippen LogP contribution in [0.1, 0.15) is 82.3 Å². The standard InChI is InChI=1S/C23H31N3/c1-2-3-4-5-6-7-8-9-10-11-12-21-18-25-23(26-19-21)22-15-13-20(17-24)14-16-22/h13-16,18-19H,2-12H2,1H3. The van der Waals surface area contributed by atoms with Crippen LogP contribution in [0.2, 0.25) is 0 Å². The summed E-state index contributed by atoms with van der Waals surface area (Å²) in [6, 6.07) is 9.53. The first-order valence-electron chi connectivity index (χ1n) is 10.1. The Balaban J connectivity index is 1.61. The monoisotopic (exact) mass is 349 g/mol. The molecule has 0 spiro atoms. The second-order valence-electron chi connectivity index (χ2n) is 7.04. The number of hydrogen-bond donors (Lipinski definition) is 0. The number of aromatic nitrogens is 2. The Kier molecular flexibility index (Phi) is 9.43.